The van der Waals surface area contributed by atoms with Crippen molar-refractivity contribution in [3.05, 3.63) is 205 Å². The highest BCUT2D eigenvalue weighted by Crippen LogP contribution is 2.42. The van der Waals surface area contributed by atoms with Crippen molar-refractivity contribution < 1.29 is 0 Å². The number of benzene rings is 8. The number of aromatic nitrogens is 5. The standard InChI is InChI=1S/C57H37N5S/c1-3-15-36(16-4-1)39-31-40(57-59-55(37-17-5-2-6-18-37)58-56(60-57)38-27-29-48-47-22-10-14-26-53(47)63-54(48)34-38)33-42(32-39)62-51-25-13-9-21-45(51)46-30-28-41(35-52(46)62)61-49-23-11-7-19-43(49)44-20-8-12-24-50(44)61/h1-27,29,31-35H,28,30H2. The van der Waals surface area contributed by atoms with Crippen LogP contribution in [0.25, 0.3) is 116 Å². The molecule has 0 radical (unpaired) electrons. The van der Waals surface area contributed by atoms with Crippen LogP contribution in [0, 0.1) is 0 Å². The summed E-state index contributed by atoms with van der Waals surface area (Å²) in [5.41, 5.74) is 13.6. The number of para-hydroxylation sites is 3. The zero-order valence-corrected chi connectivity index (χ0v) is 34.9. The topological polar surface area (TPSA) is 48.5 Å². The maximum absolute atomic E-state index is 5.33. The van der Waals surface area contributed by atoms with Crippen LogP contribution >= 0.6 is 11.3 Å². The highest BCUT2D eigenvalue weighted by Gasteiger charge is 2.25. The molecule has 0 N–H and O–H groups in total. The molecule has 1 aliphatic carbocycles. The van der Waals surface area contributed by atoms with Crippen LogP contribution in [-0.2, 0) is 6.42 Å². The minimum atomic E-state index is 0.626. The highest BCUT2D eigenvalue weighted by molar-refractivity contribution is 7.25. The Morgan fingerprint density at radius 1 is 0.365 bits per heavy atom. The lowest BCUT2D eigenvalue weighted by atomic mass is 9.98. The fourth-order valence-corrected chi connectivity index (χ4v) is 10.9. The van der Waals surface area contributed by atoms with Gasteiger partial charge in [-0.1, -0.05) is 146 Å². The average molecular weight is 824 g/mol. The number of hydrogen-bond donors (Lipinski definition) is 0. The number of hydrogen-bond acceptors (Lipinski definition) is 4. The second-order valence-corrected chi connectivity index (χ2v) is 17.4. The SMILES string of the molecule is C1=C(n2c3ccccc3c3ccccc32)CCc2c1n(-c1cc(-c3ccccc3)cc(-c3nc(-c4ccccc4)nc(-c4ccc5c(c4)sc4ccccc45)n3)c1)c1ccccc21. The van der Waals surface area contributed by atoms with E-state index in [1.165, 1.54) is 69.8 Å². The predicted octanol–water partition coefficient (Wildman–Crippen LogP) is 14.9. The second kappa shape index (κ2) is 14.3. The van der Waals surface area contributed by atoms with Gasteiger partial charge < -0.3 is 9.13 Å². The monoisotopic (exact) mass is 823 g/mol. The van der Waals surface area contributed by atoms with Crippen LogP contribution in [0.5, 0.6) is 0 Å². The maximum Gasteiger partial charge on any atom is 0.164 e. The molecule has 12 aromatic rings. The van der Waals surface area contributed by atoms with Gasteiger partial charge in [0.15, 0.2) is 17.5 Å². The Kier molecular flexibility index (Phi) is 8.14. The lowest BCUT2D eigenvalue weighted by Gasteiger charge is -2.20. The van der Waals surface area contributed by atoms with Crippen molar-refractivity contribution in [1.82, 2.24) is 24.1 Å². The van der Waals surface area contributed by atoms with Gasteiger partial charge in [-0.05, 0) is 84.1 Å². The quantitative estimate of drug-likeness (QED) is 0.168. The molecule has 13 rings (SSSR count). The maximum atomic E-state index is 5.33. The Hall–Kier alpha value is -7.93. The molecule has 0 saturated heterocycles. The second-order valence-electron chi connectivity index (χ2n) is 16.3. The molecule has 8 aromatic carbocycles. The van der Waals surface area contributed by atoms with Crippen LogP contribution in [0.4, 0.5) is 0 Å². The summed E-state index contributed by atoms with van der Waals surface area (Å²) >= 11 is 1.80. The lowest BCUT2D eigenvalue weighted by Crippen LogP contribution is -2.07. The smallest absolute Gasteiger partial charge is 0.164 e. The van der Waals surface area contributed by atoms with Gasteiger partial charge >= 0.3 is 0 Å². The van der Waals surface area contributed by atoms with Gasteiger partial charge in [0.1, 0.15) is 0 Å². The minimum absolute atomic E-state index is 0.626. The Balaban J connectivity index is 1.04. The van der Waals surface area contributed by atoms with E-state index < -0.39 is 0 Å². The van der Waals surface area contributed by atoms with Crippen LogP contribution in [0.2, 0.25) is 0 Å². The molecule has 0 unspecified atom stereocenters. The first-order valence-corrected chi connectivity index (χ1v) is 22.3. The number of aryl methyl sites for hydroxylation is 1. The fraction of sp³-hybridized carbons (Fsp3) is 0.0351. The van der Waals surface area contributed by atoms with Crippen molar-refractivity contribution in [2.24, 2.45) is 0 Å². The summed E-state index contributed by atoms with van der Waals surface area (Å²) in [4.78, 5) is 15.7. The number of allylic oxidation sites excluding steroid dienone is 1. The molecular weight excluding hydrogens is 787 g/mol. The van der Waals surface area contributed by atoms with E-state index in [9.17, 15) is 0 Å². The normalized spacial score (nSPS) is 12.7. The third-order valence-electron chi connectivity index (χ3n) is 12.7. The van der Waals surface area contributed by atoms with Crippen molar-refractivity contribution in [1.29, 1.82) is 0 Å². The molecule has 0 fully saturated rings. The van der Waals surface area contributed by atoms with Gasteiger partial charge in [0, 0.05) is 64.4 Å². The van der Waals surface area contributed by atoms with Gasteiger partial charge in [0.2, 0.25) is 0 Å². The van der Waals surface area contributed by atoms with E-state index >= 15 is 0 Å². The summed E-state index contributed by atoms with van der Waals surface area (Å²) in [6.07, 6.45) is 4.30. The molecule has 4 aromatic heterocycles. The molecule has 0 atom stereocenters. The van der Waals surface area contributed by atoms with Crippen LogP contribution < -0.4 is 0 Å². The average Bonchev–Trinajstić information content (AvgIpc) is 4.01. The van der Waals surface area contributed by atoms with Gasteiger partial charge in [0.25, 0.3) is 0 Å². The van der Waals surface area contributed by atoms with E-state index in [1.807, 2.05) is 18.2 Å². The van der Waals surface area contributed by atoms with E-state index in [0.717, 1.165) is 46.3 Å². The summed E-state index contributed by atoms with van der Waals surface area (Å²) in [5, 5.41) is 6.34. The molecule has 1 aliphatic rings. The summed E-state index contributed by atoms with van der Waals surface area (Å²) in [6, 6.07) is 69.4. The van der Waals surface area contributed by atoms with Crippen LogP contribution in [0.1, 0.15) is 17.7 Å². The lowest BCUT2D eigenvalue weighted by molar-refractivity contribution is 0.936. The Bertz CT molecular complexity index is 3740. The van der Waals surface area contributed by atoms with Crippen molar-refractivity contribution in [3.8, 4) is 51.0 Å². The fourth-order valence-electron chi connectivity index (χ4n) is 9.79. The van der Waals surface area contributed by atoms with Crippen LogP contribution in [0.3, 0.4) is 0 Å². The zero-order valence-electron chi connectivity index (χ0n) is 34.1. The summed E-state index contributed by atoms with van der Waals surface area (Å²) in [6.45, 7) is 0. The van der Waals surface area contributed by atoms with E-state index in [2.05, 4.69) is 191 Å². The summed E-state index contributed by atoms with van der Waals surface area (Å²) in [7, 11) is 0. The van der Waals surface area contributed by atoms with Gasteiger partial charge in [-0.3, -0.25) is 0 Å². The van der Waals surface area contributed by atoms with E-state index in [4.69, 9.17) is 15.0 Å². The number of nitrogens with zero attached hydrogens (tertiary/aromatic N) is 5. The molecule has 5 nitrogen and oxygen atoms in total. The minimum Gasteiger partial charge on any atom is -0.313 e. The van der Waals surface area contributed by atoms with Gasteiger partial charge in [-0.2, -0.15) is 0 Å². The molecule has 6 heteroatoms. The van der Waals surface area contributed by atoms with Crippen molar-refractivity contribution in [3.63, 3.8) is 0 Å². The molecule has 296 valence electrons. The zero-order chi connectivity index (χ0) is 41.4. The number of rotatable bonds is 6. The molecule has 63 heavy (non-hydrogen) atoms. The summed E-state index contributed by atoms with van der Waals surface area (Å²) < 4.78 is 7.43. The van der Waals surface area contributed by atoms with E-state index in [-0.39, 0.29) is 0 Å². The molecule has 0 bridgehead atoms. The predicted molar refractivity (Wildman–Crippen MR) is 263 cm³/mol. The van der Waals surface area contributed by atoms with Crippen LogP contribution in [-0.4, -0.2) is 24.1 Å². The van der Waals surface area contributed by atoms with Gasteiger partial charge in [-0.15, -0.1) is 11.3 Å². The number of thiophene rings is 1. The van der Waals surface area contributed by atoms with E-state index in [1.54, 1.807) is 11.3 Å². The highest BCUT2D eigenvalue weighted by atomic mass is 32.1. The first kappa shape index (κ1) is 35.8. The molecule has 4 heterocycles. The van der Waals surface area contributed by atoms with Gasteiger partial charge in [-0.25, -0.2) is 15.0 Å². The van der Waals surface area contributed by atoms with Gasteiger partial charge in [0.05, 0.1) is 22.2 Å². The Morgan fingerprint density at radius 2 is 0.905 bits per heavy atom. The Labute approximate surface area is 367 Å². The molecule has 0 spiro atoms. The van der Waals surface area contributed by atoms with Crippen LogP contribution in [0.15, 0.2) is 194 Å². The molecule has 0 aliphatic heterocycles. The van der Waals surface area contributed by atoms with Crippen molar-refractivity contribution in [2.75, 3.05) is 0 Å². The Morgan fingerprint density at radius 3 is 1.62 bits per heavy atom. The first-order chi connectivity index (χ1) is 31.2. The van der Waals surface area contributed by atoms with Crippen molar-refractivity contribution >= 4 is 76.0 Å². The molecule has 0 saturated carbocycles. The first-order valence-electron chi connectivity index (χ1n) is 21.5. The largest absolute Gasteiger partial charge is 0.313 e. The molecule has 0 amide bonds. The summed E-state index contributed by atoms with van der Waals surface area (Å²) in [5.74, 6) is 1.91. The molecular formula is C57H37N5S. The number of fused-ring (bicyclic) bond motifs is 9. The van der Waals surface area contributed by atoms with E-state index in [0.29, 0.717) is 17.5 Å². The third kappa shape index (κ3) is 5.87. The van der Waals surface area contributed by atoms with Crippen molar-refractivity contribution in [2.45, 2.75) is 12.8 Å². The third-order valence-corrected chi connectivity index (χ3v) is 13.8.